The number of aliphatic hydroxyl groups is 2. The van der Waals surface area contributed by atoms with E-state index in [0.29, 0.717) is 32.1 Å². The van der Waals surface area contributed by atoms with Gasteiger partial charge >= 0.3 is 12.1 Å². The molecule has 4 saturated carbocycles. The predicted molar refractivity (Wildman–Crippen MR) is 74.2 cm³/mol. The van der Waals surface area contributed by atoms with Gasteiger partial charge in [-0.2, -0.15) is 13.2 Å². The van der Waals surface area contributed by atoms with Crippen molar-refractivity contribution in [3.8, 4) is 0 Å². The van der Waals surface area contributed by atoms with Gasteiger partial charge in [0.05, 0.1) is 23.0 Å². The minimum atomic E-state index is -4.44. The molecule has 4 aliphatic rings. The second-order valence-electron chi connectivity index (χ2n) is 7.98. The van der Waals surface area contributed by atoms with Gasteiger partial charge in [0.15, 0.2) is 0 Å². The molecule has 0 aliphatic heterocycles. The van der Waals surface area contributed by atoms with Crippen molar-refractivity contribution in [2.75, 3.05) is 0 Å². The minimum absolute atomic E-state index is 0.177. The van der Waals surface area contributed by atoms with Crippen molar-refractivity contribution in [1.82, 2.24) is 0 Å². The maximum atomic E-state index is 12.8. The van der Waals surface area contributed by atoms with Crippen molar-refractivity contribution in [1.29, 1.82) is 0 Å². The van der Waals surface area contributed by atoms with E-state index in [2.05, 4.69) is 0 Å². The molecular weight excluding hydrogens is 313 g/mol. The van der Waals surface area contributed by atoms with Crippen LogP contribution in [0.3, 0.4) is 0 Å². The van der Waals surface area contributed by atoms with Crippen molar-refractivity contribution >= 4 is 5.97 Å². The van der Waals surface area contributed by atoms with Gasteiger partial charge in [-0.15, -0.1) is 0 Å². The quantitative estimate of drug-likeness (QED) is 0.777. The molecule has 0 amide bonds. The van der Waals surface area contributed by atoms with E-state index in [1.807, 2.05) is 0 Å². The summed E-state index contributed by atoms with van der Waals surface area (Å²) in [6, 6.07) is 0. The van der Waals surface area contributed by atoms with E-state index in [1.165, 1.54) is 6.92 Å². The van der Waals surface area contributed by atoms with Crippen molar-refractivity contribution < 1.29 is 32.9 Å². The van der Waals surface area contributed by atoms with Crippen LogP contribution in [-0.2, 0) is 9.53 Å². The van der Waals surface area contributed by atoms with Crippen LogP contribution in [-0.4, -0.2) is 39.7 Å². The van der Waals surface area contributed by atoms with Gasteiger partial charge < -0.3 is 14.9 Å². The third-order valence-corrected chi connectivity index (χ3v) is 6.05. The standard InChI is InChI=1S/C16H23F3O4/c1-8(9(2)16(17,18)19)13(20)23-12-10-3-14(21)5-11(12)6-15(22,4-10)7-14/h8-12,21-22H,3-7H2,1-2H3. The first-order valence-electron chi connectivity index (χ1n) is 8.14. The van der Waals surface area contributed by atoms with Gasteiger partial charge in [-0.05, 0) is 25.7 Å². The van der Waals surface area contributed by atoms with Crippen LogP contribution in [0.5, 0.6) is 0 Å². The first-order valence-corrected chi connectivity index (χ1v) is 8.14. The number of esters is 1. The molecule has 0 saturated heterocycles. The average molecular weight is 336 g/mol. The van der Waals surface area contributed by atoms with E-state index >= 15 is 0 Å². The molecule has 0 heterocycles. The summed E-state index contributed by atoms with van der Waals surface area (Å²) in [6.45, 7) is 2.21. The Morgan fingerprint density at radius 3 is 1.91 bits per heavy atom. The predicted octanol–water partition coefficient (Wildman–Crippen LogP) is 2.42. The topological polar surface area (TPSA) is 66.8 Å². The Labute approximate surface area is 133 Å². The number of hydrogen-bond acceptors (Lipinski definition) is 4. The number of hydrogen-bond donors (Lipinski definition) is 2. The molecular formula is C16H23F3O4. The Kier molecular flexibility index (Phi) is 3.76. The normalized spacial score (nSPS) is 44.9. The van der Waals surface area contributed by atoms with Crippen LogP contribution in [0.4, 0.5) is 13.2 Å². The Hall–Kier alpha value is -0.820. The van der Waals surface area contributed by atoms with E-state index in [1.54, 1.807) is 0 Å². The molecule has 0 aromatic heterocycles. The Morgan fingerprint density at radius 2 is 1.52 bits per heavy atom. The van der Waals surface area contributed by atoms with Gasteiger partial charge in [-0.1, -0.05) is 13.8 Å². The van der Waals surface area contributed by atoms with Gasteiger partial charge in [0, 0.05) is 18.3 Å². The molecule has 4 fully saturated rings. The molecule has 0 aromatic carbocycles. The summed E-state index contributed by atoms with van der Waals surface area (Å²) in [4.78, 5) is 12.1. The summed E-state index contributed by atoms with van der Waals surface area (Å²) in [6.07, 6.45) is -2.84. The monoisotopic (exact) mass is 336 g/mol. The van der Waals surface area contributed by atoms with Crippen LogP contribution in [0.25, 0.3) is 0 Å². The van der Waals surface area contributed by atoms with Gasteiger partial charge in [0.25, 0.3) is 0 Å². The van der Waals surface area contributed by atoms with Crippen LogP contribution in [0.2, 0.25) is 0 Å². The third kappa shape index (κ3) is 2.97. The molecule has 0 spiro atoms. The lowest BCUT2D eigenvalue weighted by atomic mass is 9.51. The molecule has 2 N–H and O–H groups in total. The van der Waals surface area contributed by atoms with Gasteiger partial charge in [0.1, 0.15) is 6.10 Å². The zero-order chi connectivity index (χ0) is 17.2. The summed E-state index contributed by atoms with van der Waals surface area (Å²) in [5.74, 6) is -4.22. The van der Waals surface area contributed by atoms with Crippen LogP contribution in [0.15, 0.2) is 0 Å². The number of carbonyl (C=O) groups excluding carboxylic acids is 1. The van der Waals surface area contributed by atoms with Crippen LogP contribution in [0.1, 0.15) is 46.0 Å². The van der Waals surface area contributed by atoms with Crippen LogP contribution < -0.4 is 0 Å². The molecule has 4 rings (SSSR count). The number of ether oxygens (including phenoxy) is 1. The zero-order valence-corrected chi connectivity index (χ0v) is 13.3. The fourth-order valence-electron chi connectivity index (χ4n) is 4.94. The summed E-state index contributed by atoms with van der Waals surface area (Å²) in [5, 5.41) is 20.9. The number of rotatable bonds is 3. The first-order chi connectivity index (χ1) is 10.4. The fourth-order valence-corrected chi connectivity index (χ4v) is 4.94. The van der Waals surface area contributed by atoms with Gasteiger partial charge in [-0.25, -0.2) is 0 Å². The van der Waals surface area contributed by atoms with Gasteiger partial charge in [-0.3, -0.25) is 4.79 Å². The van der Waals surface area contributed by atoms with Gasteiger partial charge in [0.2, 0.25) is 0 Å². The fraction of sp³-hybridized carbons (Fsp3) is 0.938. The lowest BCUT2D eigenvalue weighted by Crippen LogP contribution is -2.64. The highest BCUT2D eigenvalue weighted by atomic mass is 19.4. The van der Waals surface area contributed by atoms with Crippen molar-refractivity contribution in [3.05, 3.63) is 0 Å². The van der Waals surface area contributed by atoms with Crippen molar-refractivity contribution in [2.24, 2.45) is 23.7 Å². The maximum Gasteiger partial charge on any atom is 0.392 e. The lowest BCUT2D eigenvalue weighted by Gasteiger charge is -2.60. The minimum Gasteiger partial charge on any atom is -0.462 e. The number of halogens is 3. The Balaban J connectivity index is 1.69. The number of carbonyl (C=O) groups is 1. The third-order valence-electron chi connectivity index (χ3n) is 6.05. The molecule has 0 aromatic rings. The highest BCUT2D eigenvalue weighted by Crippen LogP contribution is 2.58. The zero-order valence-electron chi connectivity index (χ0n) is 13.3. The van der Waals surface area contributed by atoms with E-state index in [0.717, 1.165) is 6.92 Å². The molecule has 0 radical (unpaired) electrons. The van der Waals surface area contributed by atoms with Crippen LogP contribution in [0, 0.1) is 23.7 Å². The summed E-state index contributed by atoms with van der Waals surface area (Å²) < 4.78 is 43.7. The molecule has 4 nitrogen and oxygen atoms in total. The first kappa shape index (κ1) is 17.0. The van der Waals surface area contributed by atoms with Crippen molar-refractivity contribution in [3.63, 3.8) is 0 Å². The maximum absolute atomic E-state index is 12.8. The summed E-state index contributed by atoms with van der Waals surface area (Å²) in [7, 11) is 0. The molecule has 2 unspecified atom stereocenters. The van der Waals surface area contributed by atoms with Crippen LogP contribution >= 0.6 is 0 Å². The molecule has 4 aliphatic carbocycles. The van der Waals surface area contributed by atoms with Crippen molar-refractivity contribution in [2.45, 2.75) is 69.4 Å². The molecule has 2 atom stereocenters. The SMILES string of the molecule is CC(C(=O)OC1C2CC3(O)CC1CC(O)(C2)C3)C(C)C(F)(F)F. The highest BCUT2D eigenvalue weighted by Gasteiger charge is 2.61. The molecule has 4 bridgehead atoms. The molecule has 132 valence electrons. The highest BCUT2D eigenvalue weighted by molar-refractivity contribution is 5.72. The second kappa shape index (κ2) is 5.09. The lowest BCUT2D eigenvalue weighted by molar-refractivity contribution is -0.245. The van der Waals surface area contributed by atoms with E-state index in [-0.39, 0.29) is 11.8 Å². The number of alkyl halides is 3. The van der Waals surface area contributed by atoms with E-state index in [9.17, 15) is 28.2 Å². The molecule has 23 heavy (non-hydrogen) atoms. The average Bonchev–Trinajstić information content (AvgIpc) is 2.37. The van der Waals surface area contributed by atoms with E-state index in [4.69, 9.17) is 4.74 Å². The molecule has 7 heteroatoms. The Bertz CT molecular complexity index is 468. The Morgan fingerprint density at radius 1 is 1.09 bits per heavy atom. The smallest absolute Gasteiger partial charge is 0.392 e. The largest absolute Gasteiger partial charge is 0.462 e. The summed E-state index contributed by atoms with van der Waals surface area (Å²) >= 11 is 0. The second-order valence-corrected chi connectivity index (χ2v) is 7.98. The van der Waals surface area contributed by atoms with E-state index < -0.39 is 41.3 Å². The summed E-state index contributed by atoms with van der Waals surface area (Å²) in [5.41, 5.74) is -1.84.